The van der Waals surface area contributed by atoms with Crippen LogP contribution in [-0.2, 0) is 14.3 Å². The highest BCUT2D eigenvalue weighted by molar-refractivity contribution is 6.40. The number of esters is 1. The highest BCUT2D eigenvalue weighted by Gasteiger charge is 2.62. The summed E-state index contributed by atoms with van der Waals surface area (Å²) in [6.07, 6.45) is 12.3. The number of ketones is 1. The molecule has 0 saturated heterocycles. The number of carbonyl (C=O) groups is 2. The SMILES string of the molecule is CO[C@@]1(OC(=O)C(=O)c2ccccc2)CC2=CC[C@H]3[C@@H]4CC[C@H]([C@H](C)CCCC(C)C)[C@@]4(C)CC[C@@H]3[C@@]2(C)CC1O. The quantitative estimate of drug-likeness (QED) is 0.109. The van der Waals surface area contributed by atoms with Crippen LogP contribution < -0.4 is 0 Å². The van der Waals surface area contributed by atoms with E-state index in [1.54, 1.807) is 30.3 Å². The summed E-state index contributed by atoms with van der Waals surface area (Å²) in [6, 6.07) is 8.41. The van der Waals surface area contributed by atoms with Crippen molar-refractivity contribution in [3.05, 3.63) is 47.5 Å². The Labute approximate surface area is 247 Å². The molecule has 5 nitrogen and oxygen atoms in total. The number of hydrogen-bond acceptors (Lipinski definition) is 5. The van der Waals surface area contributed by atoms with Crippen LogP contribution >= 0.6 is 0 Å². The number of allylic oxidation sites excluding steroid dienone is 1. The third-order valence-corrected chi connectivity index (χ3v) is 12.2. The molecule has 4 aliphatic carbocycles. The largest absolute Gasteiger partial charge is 0.424 e. The Morgan fingerprint density at radius 2 is 1.76 bits per heavy atom. The zero-order valence-electron chi connectivity index (χ0n) is 26.2. The Morgan fingerprint density at radius 1 is 1.02 bits per heavy atom. The summed E-state index contributed by atoms with van der Waals surface area (Å²) in [4.78, 5) is 25.7. The standard InChI is InChI=1S/C36H52O5/c1-23(2)11-10-12-24(3)28-17-18-29-27-16-15-26-21-36(40-6,41-33(39)32(38)25-13-8-7-9-14-25)31(37)22-35(26,5)30(27)19-20-34(28,29)4/h7-9,13-15,23-24,27-31,37H,10-12,16-22H2,1-6H3/t24-,27+,28-,29+,30+,31?,34-,35+,36-/m1/s1. The van der Waals surface area contributed by atoms with Crippen LogP contribution in [0.25, 0.3) is 0 Å². The second-order valence-corrected chi connectivity index (χ2v) is 14.8. The molecule has 5 rings (SSSR count). The van der Waals surface area contributed by atoms with Crippen molar-refractivity contribution in [2.24, 2.45) is 46.3 Å². The van der Waals surface area contributed by atoms with E-state index in [1.807, 2.05) is 0 Å². The highest BCUT2D eigenvalue weighted by Crippen LogP contribution is 2.68. The first-order chi connectivity index (χ1) is 19.4. The molecule has 5 heteroatoms. The lowest BCUT2D eigenvalue weighted by molar-refractivity contribution is -0.274. The van der Waals surface area contributed by atoms with E-state index in [-0.39, 0.29) is 11.0 Å². The summed E-state index contributed by atoms with van der Waals surface area (Å²) in [5, 5.41) is 11.5. The van der Waals surface area contributed by atoms with Crippen molar-refractivity contribution in [1.82, 2.24) is 0 Å². The van der Waals surface area contributed by atoms with Crippen molar-refractivity contribution < 1.29 is 24.2 Å². The maximum Gasteiger partial charge on any atom is 0.382 e. The molecule has 0 aliphatic heterocycles. The fourth-order valence-electron chi connectivity index (χ4n) is 9.94. The molecule has 1 aromatic rings. The van der Waals surface area contributed by atoms with Crippen LogP contribution in [0.15, 0.2) is 42.0 Å². The first-order valence-corrected chi connectivity index (χ1v) is 16.2. The van der Waals surface area contributed by atoms with Crippen LogP contribution in [0.5, 0.6) is 0 Å². The summed E-state index contributed by atoms with van der Waals surface area (Å²) in [5.41, 5.74) is 1.72. The van der Waals surface area contributed by atoms with Crippen LogP contribution in [0.1, 0.15) is 109 Å². The average Bonchev–Trinajstić information content (AvgIpc) is 3.30. The monoisotopic (exact) mass is 564 g/mol. The number of benzene rings is 1. The van der Waals surface area contributed by atoms with Gasteiger partial charge in [-0.05, 0) is 84.9 Å². The number of hydrogen-bond donors (Lipinski definition) is 1. The minimum absolute atomic E-state index is 0.164. The van der Waals surface area contributed by atoms with Gasteiger partial charge in [0.15, 0.2) is 0 Å². The highest BCUT2D eigenvalue weighted by atomic mass is 16.7. The number of Topliss-reactive ketones (excluding diaryl/α,β-unsaturated/α-hetero) is 1. The smallest absolute Gasteiger partial charge is 0.382 e. The molecule has 3 fully saturated rings. The first-order valence-electron chi connectivity index (χ1n) is 16.2. The van der Waals surface area contributed by atoms with E-state index < -0.39 is 23.6 Å². The minimum Gasteiger partial charge on any atom is -0.424 e. The van der Waals surface area contributed by atoms with Gasteiger partial charge in [0.05, 0.1) is 0 Å². The number of rotatable bonds is 9. The van der Waals surface area contributed by atoms with Crippen molar-refractivity contribution in [2.45, 2.75) is 111 Å². The molecular weight excluding hydrogens is 512 g/mol. The van der Waals surface area contributed by atoms with Gasteiger partial charge in [0, 0.05) is 19.1 Å². The van der Waals surface area contributed by atoms with E-state index in [9.17, 15) is 14.7 Å². The van der Waals surface area contributed by atoms with Gasteiger partial charge >= 0.3 is 5.97 Å². The van der Waals surface area contributed by atoms with Gasteiger partial charge in [-0.15, -0.1) is 0 Å². The molecule has 3 saturated carbocycles. The number of fused-ring (bicyclic) bond motifs is 5. The van der Waals surface area contributed by atoms with Gasteiger partial charge in [-0.1, -0.05) is 95.9 Å². The summed E-state index contributed by atoms with van der Waals surface area (Å²) in [6.45, 7) is 12.1. The summed E-state index contributed by atoms with van der Waals surface area (Å²) in [7, 11) is 1.46. The first kappa shape index (κ1) is 30.5. The molecule has 0 aromatic heterocycles. The average molecular weight is 565 g/mol. The number of aliphatic hydroxyl groups is 1. The van der Waals surface area contributed by atoms with Crippen LogP contribution in [-0.4, -0.2) is 35.9 Å². The number of methoxy groups -OCH3 is 1. The summed E-state index contributed by atoms with van der Waals surface area (Å²) in [5.74, 6) is 0.957. The molecule has 1 aromatic carbocycles. The maximum absolute atomic E-state index is 13.0. The van der Waals surface area contributed by atoms with Crippen molar-refractivity contribution in [1.29, 1.82) is 0 Å². The van der Waals surface area contributed by atoms with Gasteiger partial charge in [-0.3, -0.25) is 4.79 Å². The topological polar surface area (TPSA) is 72.8 Å². The van der Waals surface area contributed by atoms with Crippen LogP contribution in [0.4, 0.5) is 0 Å². The summed E-state index contributed by atoms with van der Waals surface area (Å²) >= 11 is 0. The lowest BCUT2D eigenvalue weighted by Gasteiger charge is -2.60. The molecule has 226 valence electrons. The van der Waals surface area contributed by atoms with Crippen molar-refractivity contribution >= 4 is 11.8 Å². The molecule has 0 amide bonds. The zero-order chi connectivity index (χ0) is 29.6. The fourth-order valence-corrected chi connectivity index (χ4v) is 9.94. The predicted octanol–water partition coefficient (Wildman–Crippen LogP) is 7.77. The van der Waals surface area contributed by atoms with Crippen LogP contribution in [0.3, 0.4) is 0 Å². The number of aliphatic hydroxyl groups excluding tert-OH is 1. The Kier molecular flexibility index (Phi) is 8.62. The van der Waals surface area contributed by atoms with Gasteiger partial charge in [0.25, 0.3) is 5.78 Å². The van der Waals surface area contributed by atoms with E-state index >= 15 is 0 Å². The third kappa shape index (κ3) is 5.35. The van der Waals surface area contributed by atoms with Gasteiger partial charge in [-0.25, -0.2) is 4.79 Å². The van der Waals surface area contributed by atoms with Crippen LogP contribution in [0.2, 0.25) is 0 Å². The Bertz CT molecular complexity index is 1140. The van der Waals surface area contributed by atoms with Crippen molar-refractivity contribution in [3.63, 3.8) is 0 Å². The molecule has 0 bridgehead atoms. The second kappa shape index (κ2) is 11.6. The van der Waals surface area contributed by atoms with E-state index in [2.05, 4.69) is 40.7 Å². The second-order valence-electron chi connectivity index (χ2n) is 14.8. The number of carbonyl (C=O) groups excluding carboxylic acids is 2. The van der Waals surface area contributed by atoms with E-state index in [0.29, 0.717) is 30.1 Å². The lowest BCUT2D eigenvalue weighted by atomic mass is 9.46. The molecule has 0 radical (unpaired) electrons. The Hall–Kier alpha value is -1.98. The Balaban J connectivity index is 1.32. The molecular formula is C36H52O5. The zero-order valence-corrected chi connectivity index (χ0v) is 26.2. The van der Waals surface area contributed by atoms with Crippen molar-refractivity contribution in [3.8, 4) is 0 Å². The molecule has 0 spiro atoms. The minimum atomic E-state index is -1.55. The molecule has 41 heavy (non-hydrogen) atoms. The lowest BCUT2D eigenvalue weighted by Crippen LogP contribution is -2.59. The maximum atomic E-state index is 13.0. The summed E-state index contributed by atoms with van der Waals surface area (Å²) < 4.78 is 11.5. The molecule has 4 aliphatic rings. The van der Waals surface area contributed by atoms with E-state index in [4.69, 9.17) is 9.47 Å². The normalized spacial score (nSPS) is 38.8. The molecule has 0 heterocycles. The molecule has 1 N–H and O–H groups in total. The molecule has 1 unspecified atom stereocenters. The van der Waals surface area contributed by atoms with Gasteiger partial charge in [0.2, 0.25) is 5.79 Å². The van der Waals surface area contributed by atoms with E-state index in [0.717, 1.165) is 30.1 Å². The van der Waals surface area contributed by atoms with Crippen LogP contribution in [0, 0.1) is 46.3 Å². The van der Waals surface area contributed by atoms with Crippen molar-refractivity contribution in [2.75, 3.05) is 7.11 Å². The van der Waals surface area contributed by atoms with Gasteiger partial charge in [-0.2, -0.15) is 0 Å². The van der Waals surface area contributed by atoms with Gasteiger partial charge in [0.1, 0.15) is 6.10 Å². The Morgan fingerprint density at radius 3 is 2.44 bits per heavy atom. The fraction of sp³-hybridized carbons (Fsp3) is 0.722. The third-order valence-electron chi connectivity index (χ3n) is 12.2. The van der Waals surface area contributed by atoms with E-state index in [1.165, 1.54) is 57.6 Å². The molecule has 9 atom stereocenters. The predicted molar refractivity (Wildman–Crippen MR) is 161 cm³/mol. The number of ether oxygens (including phenoxy) is 2. The van der Waals surface area contributed by atoms with Gasteiger partial charge < -0.3 is 14.6 Å².